The maximum absolute atomic E-state index is 4.42. The molecule has 2 aromatic heterocycles. The second-order valence-corrected chi connectivity index (χ2v) is 5.89. The summed E-state index contributed by atoms with van der Waals surface area (Å²) in [6.07, 6.45) is 2.19. The molecule has 9 heteroatoms. The van der Waals surface area contributed by atoms with Crippen LogP contribution in [0.3, 0.4) is 0 Å². The van der Waals surface area contributed by atoms with Gasteiger partial charge in [0, 0.05) is 31.1 Å². The van der Waals surface area contributed by atoms with Crippen LogP contribution in [0, 0.1) is 6.92 Å². The fourth-order valence-corrected chi connectivity index (χ4v) is 3.08. The molecular formula is C13H20IN7S. The number of thiazole rings is 1. The molecular weight excluding hydrogens is 413 g/mol. The molecule has 0 radical (unpaired) electrons. The third kappa shape index (κ3) is 3.94. The van der Waals surface area contributed by atoms with Crippen LogP contribution in [0.15, 0.2) is 10.4 Å². The van der Waals surface area contributed by atoms with Gasteiger partial charge < -0.3 is 15.2 Å². The number of aliphatic imine (C=N–C) groups is 1. The molecule has 0 atom stereocenters. The maximum atomic E-state index is 4.42. The number of nitrogens with zero attached hydrogens (tertiary/aromatic N) is 5. The summed E-state index contributed by atoms with van der Waals surface area (Å²) in [5.74, 6) is 2.81. The molecule has 120 valence electrons. The zero-order chi connectivity index (χ0) is 14.7. The van der Waals surface area contributed by atoms with E-state index in [1.807, 2.05) is 12.3 Å². The number of nitrogens with one attached hydrogen (secondary N) is 2. The van der Waals surface area contributed by atoms with Crippen molar-refractivity contribution in [3.63, 3.8) is 0 Å². The van der Waals surface area contributed by atoms with E-state index in [1.54, 1.807) is 18.4 Å². The Labute approximate surface area is 150 Å². The van der Waals surface area contributed by atoms with E-state index in [0.29, 0.717) is 13.1 Å². The van der Waals surface area contributed by atoms with E-state index in [0.717, 1.165) is 47.7 Å². The number of rotatable bonds is 4. The number of halogens is 1. The van der Waals surface area contributed by atoms with E-state index in [4.69, 9.17) is 0 Å². The third-order valence-electron chi connectivity index (χ3n) is 3.40. The predicted molar refractivity (Wildman–Crippen MR) is 97.6 cm³/mol. The van der Waals surface area contributed by atoms with Crippen molar-refractivity contribution in [2.75, 3.05) is 7.05 Å². The van der Waals surface area contributed by atoms with E-state index in [-0.39, 0.29) is 24.0 Å². The quantitative estimate of drug-likeness (QED) is 0.434. The van der Waals surface area contributed by atoms with Gasteiger partial charge in [-0.05, 0) is 13.3 Å². The van der Waals surface area contributed by atoms with Gasteiger partial charge in [-0.3, -0.25) is 4.99 Å². The fraction of sp³-hybridized carbons (Fsp3) is 0.538. The van der Waals surface area contributed by atoms with Crippen LogP contribution < -0.4 is 10.6 Å². The molecule has 0 saturated heterocycles. The number of hydrogen-bond donors (Lipinski definition) is 2. The first-order valence-corrected chi connectivity index (χ1v) is 7.90. The van der Waals surface area contributed by atoms with Gasteiger partial charge in [0.05, 0.1) is 13.1 Å². The summed E-state index contributed by atoms with van der Waals surface area (Å²) >= 11 is 1.65. The molecule has 0 saturated carbocycles. The standard InChI is InChI=1S/C13H19N7S.HI/c1-9-8-21-12(17-9)7-16-13(14-2)15-6-11-19-18-10-4-3-5-20(10)11;/h8H,3-7H2,1-2H3,(H2,14,15,16);1H. The largest absolute Gasteiger partial charge is 0.350 e. The average Bonchev–Trinajstić information content (AvgIpc) is 3.17. The van der Waals surface area contributed by atoms with Crippen LogP contribution in [0.5, 0.6) is 0 Å². The molecule has 7 nitrogen and oxygen atoms in total. The van der Waals surface area contributed by atoms with Crippen molar-refractivity contribution in [3.05, 3.63) is 27.7 Å². The molecule has 1 aliphatic rings. The summed E-state index contributed by atoms with van der Waals surface area (Å²) in [4.78, 5) is 8.64. The number of fused-ring (bicyclic) bond motifs is 1. The van der Waals surface area contributed by atoms with Gasteiger partial charge in [-0.15, -0.1) is 45.5 Å². The molecule has 0 amide bonds. The zero-order valence-electron chi connectivity index (χ0n) is 12.7. The Hall–Kier alpha value is -1.23. The summed E-state index contributed by atoms with van der Waals surface area (Å²) in [5.41, 5.74) is 1.05. The average molecular weight is 433 g/mol. The van der Waals surface area contributed by atoms with Crippen LogP contribution >= 0.6 is 35.3 Å². The van der Waals surface area contributed by atoms with Crippen LogP contribution in [0.2, 0.25) is 0 Å². The van der Waals surface area contributed by atoms with Crippen LogP contribution in [0.4, 0.5) is 0 Å². The Balaban J connectivity index is 0.00000176. The van der Waals surface area contributed by atoms with E-state index in [2.05, 4.69) is 35.4 Å². The van der Waals surface area contributed by atoms with Gasteiger partial charge in [-0.1, -0.05) is 0 Å². The smallest absolute Gasteiger partial charge is 0.191 e. The summed E-state index contributed by atoms with van der Waals surface area (Å²) in [6.45, 7) is 4.32. The monoisotopic (exact) mass is 433 g/mol. The Morgan fingerprint density at radius 1 is 1.36 bits per heavy atom. The Morgan fingerprint density at radius 3 is 2.91 bits per heavy atom. The lowest BCUT2D eigenvalue weighted by Gasteiger charge is -2.10. The van der Waals surface area contributed by atoms with E-state index in [9.17, 15) is 0 Å². The molecule has 2 N–H and O–H groups in total. The lowest BCUT2D eigenvalue weighted by molar-refractivity contribution is 0.662. The van der Waals surface area contributed by atoms with Crippen molar-refractivity contribution in [2.24, 2.45) is 4.99 Å². The molecule has 0 bridgehead atoms. The second-order valence-electron chi connectivity index (χ2n) is 4.95. The second kappa shape index (κ2) is 7.86. The molecule has 0 spiro atoms. The number of guanidine groups is 1. The van der Waals surface area contributed by atoms with Gasteiger partial charge in [0.1, 0.15) is 10.8 Å². The van der Waals surface area contributed by atoms with E-state index < -0.39 is 0 Å². The highest BCUT2D eigenvalue weighted by Gasteiger charge is 2.17. The summed E-state index contributed by atoms with van der Waals surface area (Å²) < 4.78 is 2.18. The SMILES string of the molecule is CN=C(NCc1nc(C)cs1)NCc1nnc2n1CCC2.I. The zero-order valence-corrected chi connectivity index (χ0v) is 15.8. The molecule has 2 aromatic rings. The fourth-order valence-electron chi connectivity index (χ4n) is 2.37. The van der Waals surface area contributed by atoms with Crippen molar-refractivity contribution in [3.8, 4) is 0 Å². The Kier molecular flexibility index (Phi) is 6.12. The molecule has 0 aliphatic carbocycles. The van der Waals surface area contributed by atoms with Crippen LogP contribution in [0.1, 0.15) is 28.8 Å². The van der Waals surface area contributed by atoms with Crippen molar-refractivity contribution < 1.29 is 0 Å². The Bertz CT molecular complexity index is 649. The minimum absolute atomic E-state index is 0. The predicted octanol–water partition coefficient (Wildman–Crippen LogP) is 1.47. The first kappa shape index (κ1) is 17.1. The lowest BCUT2D eigenvalue weighted by atomic mass is 10.4. The third-order valence-corrected chi connectivity index (χ3v) is 4.36. The molecule has 3 heterocycles. The normalized spacial score (nSPS) is 13.6. The minimum Gasteiger partial charge on any atom is -0.350 e. The number of aryl methyl sites for hydroxylation is 2. The van der Waals surface area contributed by atoms with Gasteiger partial charge in [0.25, 0.3) is 0 Å². The molecule has 0 unspecified atom stereocenters. The number of aromatic nitrogens is 4. The summed E-state index contributed by atoms with van der Waals surface area (Å²) in [7, 11) is 1.76. The highest BCUT2D eigenvalue weighted by molar-refractivity contribution is 14.0. The Morgan fingerprint density at radius 2 is 2.18 bits per heavy atom. The van der Waals surface area contributed by atoms with Crippen molar-refractivity contribution in [2.45, 2.75) is 39.4 Å². The van der Waals surface area contributed by atoms with E-state index in [1.165, 1.54) is 0 Å². The maximum Gasteiger partial charge on any atom is 0.191 e. The van der Waals surface area contributed by atoms with Crippen LogP contribution in [0.25, 0.3) is 0 Å². The van der Waals surface area contributed by atoms with E-state index >= 15 is 0 Å². The molecule has 0 aromatic carbocycles. The molecule has 0 fully saturated rings. The van der Waals surface area contributed by atoms with Crippen molar-refractivity contribution in [1.82, 2.24) is 30.4 Å². The summed E-state index contributed by atoms with van der Waals surface area (Å²) in [6, 6.07) is 0. The van der Waals surface area contributed by atoms with Crippen LogP contribution in [-0.2, 0) is 26.1 Å². The highest BCUT2D eigenvalue weighted by atomic mass is 127. The van der Waals surface area contributed by atoms with Gasteiger partial charge in [-0.2, -0.15) is 0 Å². The topological polar surface area (TPSA) is 80.0 Å². The van der Waals surface area contributed by atoms with Gasteiger partial charge in [0.2, 0.25) is 0 Å². The van der Waals surface area contributed by atoms with Gasteiger partial charge in [0.15, 0.2) is 11.8 Å². The molecule has 22 heavy (non-hydrogen) atoms. The molecule has 3 rings (SSSR count). The lowest BCUT2D eigenvalue weighted by Crippen LogP contribution is -2.37. The summed E-state index contributed by atoms with van der Waals surface area (Å²) in [5, 5.41) is 18.1. The van der Waals surface area contributed by atoms with Gasteiger partial charge >= 0.3 is 0 Å². The first-order chi connectivity index (χ1) is 10.3. The highest BCUT2D eigenvalue weighted by Crippen LogP contribution is 2.13. The van der Waals surface area contributed by atoms with Crippen molar-refractivity contribution >= 4 is 41.3 Å². The minimum atomic E-state index is 0. The first-order valence-electron chi connectivity index (χ1n) is 7.02. The molecule has 1 aliphatic heterocycles. The number of hydrogen-bond acceptors (Lipinski definition) is 5. The van der Waals surface area contributed by atoms with Crippen LogP contribution in [-0.4, -0.2) is 32.8 Å². The van der Waals surface area contributed by atoms with Crippen molar-refractivity contribution in [1.29, 1.82) is 0 Å². The van der Waals surface area contributed by atoms with Gasteiger partial charge in [-0.25, -0.2) is 4.98 Å².